The van der Waals surface area contributed by atoms with Gasteiger partial charge in [-0.2, -0.15) is 13.2 Å². The third kappa shape index (κ3) is 6.34. The Morgan fingerprint density at radius 2 is 1.29 bits per heavy atom. The van der Waals surface area contributed by atoms with Crippen molar-refractivity contribution in [1.29, 1.82) is 0 Å². The highest BCUT2D eigenvalue weighted by molar-refractivity contribution is 7.97. The van der Waals surface area contributed by atoms with E-state index in [1.54, 1.807) is 0 Å². The van der Waals surface area contributed by atoms with Crippen LogP contribution >= 0.6 is 7.36 Å². The molecule has 0 aliphatic heterocycles. The lowest BCUT2D eigenvalue weighted by Gasteiger charge is -2.52. The molecule has 0 aromatic carbocycles. The van der Waals surface area contributed by atoms with Crippen LogP contribution in [-0.4, -0.2) is 76.1 Å². The van der Waals surface area contributed by atoms with Crippen LogP contribution in [0.15, 0.2) is 50.6 Å². The van der Waals surface area contributed by atoms with Gasteiger partial charge in [0, 0.05) is 33.5 Å². The van der Waals surface area contributed by atoms with Gasteiger partial charge in [0.05, 0.1) is 0 Å². The summed E-state index contributed by atoms with van der Waals surface area (Å²) >= 11 is 5.16. The summed E-state index contributed by atoms with van der Waals surface area (Å²) < 4.78 is 40.0. The summed E-state index contributed by atoms with van der Waals surface area (Å²) in [5.74, 6) is -3.93. The van der Waals surface area contributed by atoms with Gasteiger partial charge in [-0.25, -0.2) is 0 Å². The van der Waals surface area contributed by atoms with Gasteiger partial charge in [0.2, 0.25) is 5.53 Å². The number of halogens is 3. The highest BCUT2D eigenvalue weighted by atomic mass is 32.4. The summed E-state index contributed by atoms with van der Waals surface area (Å²) in [7, 11) is -0.135. The molecule has 156 valence electrons. The Balaban J connectivity index is 6.94. The number of hydrogen-bond donors (Lipinski definition) is 1. The number of hydrogen-bond acceptors (Lipinski definition) is 5. The molecule has 1 amide bonds. The number of carbonyl (C=O) groups is 2. The minimum Gasteiger partial charge on any atom is -0.480 e. The summed E-state index contributed by atoms with van der Waals surface area (Å²) in [5.41, 5.74) is -1.94. The third-order valence-electron chi connectivity index (χ3n) is 3.51. The molecule has 0 aromatic rings. The van der Waals surface area contributed by atoms with E-state index in [4.69, 9.17) is 11.8 Å². The minimum atomic E-state index is -5.30. The standard InChI is InChI=1S/C17H23F3N3O3PS/c1-5-9-21(10-6-2)17(27-28,22(11-7-3)12-8-4)23(13-14(24)25)15(26)16(18,19)20/h5-8H,1-4,9-13H2,(H,24,25). The molecule has 0 fully saturated rings. The van der Waals surface area contributed by atoms with Crippen molar-refractivity contribution in [2.24, 2.45) is 0 Å². The molecule has 0 aliphatic carbocycles. The van der Waals surface area contributed by atoms with Crippen molar-refractivity contribution in [3.63, 3.8) is 0 Å². The van der Waals surface area contributed by atoms with E-state index in [0.717, 1.165) is 0 Å². The molecule has 28 heavy (non-hydrogen) atoms. The number of carbonyl (C=O) groups excluding carboxylic acids is 1. The number of nitrogens with zero attached hydrogens (tertiary/aromatic N) is 3. The van der Waals surface area contributed by atoms with Crippen LogP contribution in [0, 0.1) is 0 Å². The Bertz CT molecular complexity index is 585. The molecular weight excluding hydrogens is 414 g/mol. The highest BCUT2D eigenvalue weighted by Crippen LogP contribution is 2.38. The molecule has 0 aliphatic rings. The third-order valence-corrected chi connectivity index (χ3v) is 5.30. The van der Waals surface area contributed by atoms with Gasteiger partial charge in [0.1, 0.15) is 6.54 Å². The quantitative estimate of drug-likeness (QED) is 0.256. The molecule has 0 bridgehead atoms. The number of alkyl halides is 3. The van der Waals surface area contributed by atoms with Gasteiger partial charge in [0.15, 0.2) is 0 Å². The predicted octanol–water partition coefficient (Wildman–Crippen LogP) is 2.83. The maximum Gasteiger partial charge on any atom is 0.471 e. The van der Waals surface area contributed by atoms with E-state index in [0.29, 0.717) is 0 Å². The van der Waals surface area contributed by atoms with Gasteiger partial charge in [-0.15, -0.1) is 26.3 Å². The van der Waals surface area contributed by atoms with Crippen molar-refractivity contribution >= 4 is 31.0 Å². The van der Waals surface area contributed by atoms with Crippen LogP contribution in [0.4, 0.5) is 13.2 Å². The molecule has 0 aromatic heterocycles. The van der Waals surface area contributed by atoms with Crippen molar-refractivity contribution in [2.75, 3.05) is 32.7 Å². The Kier molecular flexibility index (Phi) is 11.1. The fraction of sp³-hybridized carbons (Fsp3) is 0.412. The van der Waals surface area contributed by atoms with Crippen LogP contribution in [0.25, 0.3) is 0 Å². The first-order valence-corrected chi connectivity index (χ1v) is 9.86. The highest BCUT2D eigenvalue weighted by Gasteiger charge is 2.55. The smallest absolute Gasteiger partial charge is 0.471 e. The first kappa shape index (κ1) is 26.1. The molecular formula is C17H23F3N3O3PS. The second kappa shape index (κ2) is 11.9. The molecule has 0 radical (unpaired) electrons. The number of carboxylic acids is 1. The van der Waals surface area contributed by atoms with Gasteiger partial charge >= 0.3 is 18.1 Å². The Morgan fingerprint density at radius 1 is 0.929 bits per heavy atom. The average Bonchev–Trinajstić information content (AvgIpc) is 2.60. The zero-order valence-electron chi connectivity index (χ0n) is 15.3. The molecule has 0 heterocycles. The largest absolute Gasteiger partial charge is 0.480 e. The van der Waals surface area contributed by atoms with E-state index in [1.165, 1.54) is 34.1 Å². The summed E-state index contributed by atoms with van der Waals surface area (Å²) in [5, 5.41) is 9.22. The van der Waals surface area contributed by atoms with Crippen LogP contribution < -0.4 is 0 Å². The van der Waals surface area contributed by atoms with E-state index >= 15 is 0 Å². The molecule has 0 rings (SSSR count). The second-order valence-electron chi connectivity index (χ2n) is 5.44. The Hall–Kier alpha value is -1.87. The lowest BCUT2D eigenvalue weighted by Crippen LogP contribution is -2.70. The van der Waals surface area contributed by atoms with Crippen molar-refractivity contribution in [1.82, 2.24) is 14.7 Å². The maximum atomic E-state index is 13.3. The molecule has 0 saturated heterocycles. The molecule has 1 N–H and O–H groups in total. The summed E-state index contributed by atoms with van der Waals surface area (Å²) in [6.07, 6.45) is 0.347. The summed E-state index contributed by atoms with van der Waals surface area (Å²) in [6, 6.07) is 0. The summed E-state index contributed by atoms with van der Waals surface area (Å²) in [4.78, 5) is 26.7. The molecule has 0 unspecified atom stereocenters. The van der Waals surface area contributed by atoms with Crippen LogP contribution in [-0.2, 0) is 21.4 Å². The average molecular weight is 437 g/mol. The van der Waals surface area contributed by atoms with Gasteiger partial charge in [-0.3, -0.25) is 24.3 Å². The monoisotopic (exact) mass is 437 g/mol. The topological polar surface area (TPSA) is 64.1 Å². The van der Waals surface area contributed by atoms with E-state index in [9.17, 15) is 27.9 Å². The lowest BCUT2D eigenvalue weighted by atomic mass is 10.3. The van der Waals surface area contributed by atoms with Gasteiger partial charge < -0.3 is 5.11 Å². The summed E-state index contributed by atoms with van der Waals surface area (Å²) in [6.45, 7) is 13.2. The van der Waals surface area contributed by atoms with Gasteiger partial charge in [0.25, 0.3) is 0 Å². The Morgan fingerprint density at radius 3 is 1.50 bits per heavy atom. The molecule has 6 nitrogen and oxygen atoms in total. The van der Waals surface area contributed by atoms with E-state index in [-0.39, 0.29) is 38.4 Å². The number of amides is 1. The van der Waals surface area contributed by atoms with Crippen molar-refractivity contribution in [3.05, 3.63) is 50.6 Å². The first-order valence-electron chi connectivity index (χ1n) is 7.95. The van der Waals surface area contributed by atoms with Crippen molar-refractivity contribution < 1.29 is 27.9 Å². The minimum absolute atomic E-state index is 0.0156. The van der Waals surface area contributed by atoms with Crippen molar-refractivity contribution in [3.8, 4) is 0 Å². The van der Waals surface area contributed by atoms with Crippen LogP contribution in [0.5, 0.6) is 0 Å². The number of carboxylic acid groups (broad SMARTS) is 1. The van der Waals surface area contributed by atoms with Crippen LogP contribution in [0.3, 0.4) is 0 Å². The van der Waals surface area contributed by atoms with Crippen LogP contribution in [0.2, 0.25) is 0 Å². The molecule has 0 atom stereocenters. The lowest BCUT2D eigenvalue weighted by molar-refractivity contribution is -0.203. The zero-order chi connectivity index (χ0) is 22.0. The fourth-order valence-corrected chi connectivity index (χ4v) is 4.38. The van der Waals surface area contributed by atoms with Gasteiger partial charge in [-0.05, 0) is 0 Å². The molecule has 11 heteroatoms. The molecule has 0 saturated carbocycles. The van der Waals surface area contributed by atoms with Crippen LogP contribution in [0.1, 0.15) is 0 Å². The molecule has 0 spiro atoms. The maximum absolute atomic E-state index is 13.3. The fourth-order valence-electron chi connectivity index (χ4n) is 2.57. The second-order valence-corrected chi connectivity index (χ2v) is 6.77. The van der Waals surface area contributed by atoms with E-state index in [2.05, 4.69) is 26.3 Å². The van der Waals surface area contributed by atoms with E-state index < -0.39 is 30.1 Å². The predicted molar refractivity (Wildman–Crippen MR) is 106 cm³/mol. The normalized spacial score (nSPS) is 12.0. The number of aliphatic carboxylic acids is 1. The Labute approximate surface area is 169 Å². The first-order chi connectivity index (χ1) is 13.1. The SMILES string of the molecule is C=CCN(CC=C)C(P=S)(N(CC=C)CC=C)N(CC(=O)O)C(=O)C(F)(F)F. The van der Waals surface area contributed by atoms with E-state index in [1.807, 2.05) is 0 Å². The zero-order valence-corrected chi connectivity index (χ0v) is 17.0. The van der Waals surface area contributed by atoms with Crippen molar-refractivity contribution in [2.45, 2.75) is 11.7 Å². The number of rotatable bonds is 14. The van der Waals surface area contributed by atoms with Gasteiger partial charge in [-0.1, -0.05) is 36.1 Å².